The van der Waals surface area contributed by atoms with E-state index in [-0.39, 0.29) is 5.12 Å². The van der Waals surface area contributed by atoms with Gasteiger partial charge in [-0.1, -0.05) is 35.2 Å². The van der Waals surface area contributed by atoms with Crippen LogP contribution in [-0.4, -0.2) is 15.9 Å². The van der Waals surface area contributed by atoms with Gasteiger partial charge in [0.2, 0.25) is 0 Å². The number of pyridine rings is 1. The van der Waals surface area contributed by atoms with Crippen LogP contribution in [0.2, 0.25) is 5.15 Å². The molecule has 0 bridgehead atoms. The molecular formula is C11H10ClNOS. The number of halogens is 1. The van der Waals surface area contributed by atoms with Gasteiger partial charge in [-0.05, 0) is 18.6 Å². The second kappa shape index (κ2) is 5.79. The molecule has 1 heterocycles. The number of rotatable bonds is 1. The molecule has 0 aromatic carbocycles. The van der Waals surface area contributed by atoms with Gasteiger partial charge in [0.15, 0.2) is 5.12 Å². The van der Waals surface area contributed by atoms with Crippen molar-refractivity contribution >= 4 is 28.5 Å². The van der Waals surface area contributed by atoms with Crippen LogP contribution in [0.1, 0.15) is 18.1 Å². The Labute approximate surface area is 98.4 Å². The lowest BCUT2D eigenvalue weighted by Crippen LogP contribution is -1.86. The van der Waals surface area contributed by atoms with Gasteiger partial charge in [-0.15, -0.1) is 0 Å². The normalized spacial score (nSPS) is 9.27. The highest BCUT2D eigenvalue weighted by atomic mass is 35.5. The van der Waals surface area contributed by atoms with Crippen molar-refractivity contribution in [2.75, 3.05) is 5.75 Å². The summed E-state index contributed by atoms with van der Waals surface area (Å²) in [6.45, 7) is 3.45. The quantitative estimate of drug-likeness (QED) is 0.558. The fourth-order valence-corrected chi connectivity index (χ4v) is 1.41. The zero-order chi connectivity index (χ0) is 11.3. The molecule has 0 aliphatic carbocycles. The zero-order valence-electron chi connectivity index (χ0n) is 8.50. The number of hydrogen-bond donors (Lipinski definition) is 0. The summed E-state index contributed by atoms with van der Waals surface area (Å²) in [6.07, 6.45) is 1.69. The first-order valence-corrected chi connectivity index (χ1v) is 5.70. The van der Waals surface area contributed by atoms with Gasteiger partial charge in [0.1, 0.15) is 5.15 Å². The first-order valence-electron chi connectivity index (χ1n) is 4.34. The van der Waals surface area contributed by atoms with Crippen molar-refractivity contribution in [3.05, 3.63) is 28.5 Å². The summed E-state index contributed by atoms with van der Waals surface area (Å²) in [7, 11) is 0. The van der Waals surface area contributed by atoms with Crippen LogP contribution in [0.25, 0.3) is 0 Å². The number of carbonyl (C=O) groups is 1. The second-order valence-corrected chi connectivity index (χ2v) is 4.44. The molecule has 0 saturated carbocycles. The minimum Gasteiger partial charge on any atom is -0.288 e. The molecule has 0 aliphatic heterocycles. The Bertz CT molecular complexity index is 434. The maximum absolute atomic E-state index is 10.6. The van der Waals surface area contributed by atoms with Gasteiger partial charge < -0.3 is 0 Å². The second-order valence-electron chi connectivity index (χ2n) is 2.93. The molecule has 78 valence electrons. The number of nitrogens with zero attached hydrogens (tertiary/aromatic N) is 1. The van der Waals surface area contributed by atoms with Crippen molar-refractivity contribution in [2.24, 2.45) is 0 Å². The Morgan fingerprint density at radius 2 is 2.40 bits per heavy atom. The lowest BCUT2D eigenvalue weighted by atomic mass is 10.2. The molecule has 0 amide bonds. The summed E-state index contributed by atoms with van der Waals surface area (Å²) in [4.78, 5) is 14.6. The number of carbonyl (C=O) groups excluding carboxylic acids is 1. The molecule has 0 saturated heterocycles. The zero-order valence-corrected chi connectivity index (χ0v) is 10.1. The molecule has 0 atom stereocenters. The Balaban J connectivity index is 2.71. The highest BCUT2D eigenvalue weighted by molar-refractivity contribution is 8.13. The maximum Gasteiger partial charge on any atom is 0.186 e. The van der Waals surface area contributed by atoms with Crippen LogP contribution in [-0.2, 0) is 4.79 Å². The summed E-state index contributed by atoms with van der Waals surface area (Å²) in [6, 6.07) is 1.88. The number of thioether (sulfide) groups is 1. The Hall–Kier alpha value is -0.980. The van der Waals surface area contributed by atoms with Crippen molar-refractivity contribution in [3.63, 3.8) is 0 Å². The van der Waals surface area contributed by atoms with E-state index in [9.17, 15) is 4.79 Å². The minimum atomic E-state index is 0.0674. The van der Waals surface area contributed by atoms with E-state index < -0.39 is 0 Å². The van der Waals surface area contributed by atoms with Crippen LogP contribution in [0, 0.1) is 18.8 Å². The summed E-state index contributed by atoms with van der Waals surface area (Å²) in [5, 5.41) is 0.471. The van der Waals surface area contributed by atoms with Crippen LogP contribution in [0.3, 0.4) is 0 Å². The van der Waals surface area contributed by atoms with Gasteiger partial charge in [0, 0.05) is 13.1 Å². The highest BCUT2D eigenvalue weighted by Crippen LogP contribution is 2.12. The van der Waals surface area contributed by atoms with E-state index in [1.807, 2.05) is 13.0 Å². The molecule has 1 aromatic heterocycles. The smallest absolute Gasteiger partial charge is 0.186 e. The average molecular weight is 240 g/mol. The van der Waals surface area contributed by atoms with Crippen LogP contribution in [0.15, 0.2) is 12.3 Å². The molecule has 0 spiro atoms. The Morgan fingerprint density at radius 1 is 1.67 bits per heavy atom. The van der Waals surface area contributed by atoms with Crippen LogP contribution < -0.4 is 0 Å². The van der Waals surface area contributed by atoms with Crippen LogP contribution in [0.5, 0.6) is 0 Å². The molecular weight excluding hydrogens is 230 g/mol. The minimum absolute atomic E-state index is 0.0674. The molecule has 0 fully saturated rings. The number of hydrogen-bond acceptors (Lipinski definition) is 3. The third kappa shape index (κ3) is 4.37. The fraction of sp³-hybridized carbons (Fsp3) is 0.273. The van der Waals surface area contributed by atoms with Crippen molar-refractivity contribution in [1.29, 1.82) is 0 Å². The molecule has 0 aliphatic rings. The lowest BCUT2D eigenvalue weighted by molar-refractivity contribution is -0.109. The largest absolute Gasteiger partial charge is 0.288 e. The summed E-state index contributed by atoms with van der Waals surface area (Å²) in [5.41, 5.74) is 1.73. The van der Waals surface area contributed by atoms with Crippen LogP contribution >= 0.6 is 23.4 Å². The van der Waals surface area contributed by atoms with Crippen molar-refractivity contribution < 1.29 is 4.79 Å². The number of aromatic nitrogens is 1. The Kier molecular flexibility index (Phi) is 4.67. The molecule has 0 N–H and O–H groups in total. The standard InChI is InChI=1S/C11H10ClNOS/c1-8-6-10(11(12)13-7-8)4-3-5-15-9(2)14/h6-7H,5H2,1-2H3. The Morgan fingerprint density at radius 3 is 3.07 bits per heavy atom. The number of aryl methyl sites for hydroxylation is 1. The summed E-state index contributed by atoms with van der Waals surface area (Å²) >= 11 is 7.03. The summed E-state index contributed by atoms with van der Waals surface area (Å²) < 4.78 is 0. The van der Waals surface area contributed by atoms with E-state index in [4.69, 9.17) is 11.6 Å². The predicted octanol–water partition coefficient (Wildman–Crippen LogP) is 2.67. The van der Waals surface area contributed by atoms with Gasteiger partial charge in [-0.25, -0.2) is 4.98 Å². The first kappa shape index (κ1) is 12.1. The molecule has 4 heteroatoms. The van der Waals surface area contributed by atoms with E-state index >= 15 is 0 Å². The molecule has 1 aromatic rings. The van der Waals surface area contributed by atoms with Gasteiger partial charge in [-0.3, -0.25) is 4.79 Å². The summed E-state index contributed by atoms with van der Waals surface area (Å²) in [5.74, 6) is 6.25. The SMILES string of the molecule is CC(=O)SCC#Cc1cc(C)cnc1Cl. The highest BCUT2D eigenvalue weighted by Gasteiger charge is 1.97. The topological polar surface area (TPSA) is 30.0 Å². The lowest BCUT2D eigenvalue weighted by Gasteiger charge is -1.95. The van der Waals surface area contributed by atoms with E-state index in [1.165, 1.54) is 18.7 Å². The van der Waals surface area contributed by atoms with Crippen LogP contribution in [0.4, 0.5) is 0 Å². The van der Waals surface area contributed by atoms with Crippen molar-refractivity contribution in [3.8, 4) is 11.8 Å². The van der Waals surface area contributed by atoms with E-state index in [2.05, 4.69) is 16.8 Å². The average Bonchev–Trinajstić information content (AvgIpc) is 2.17. The van der Waals surface area contributed by atoms with Gasteiger partial charge in [0.05, 0.1) is 11.3 Å². The van der Waals surface area contributed by atoms with E-state index in [0.717, 1.165) is 5.56 Å². The van der Waals surface area contributed by atoms with E-state index in [0.29, 0.717) is 16.5 Å². The fourth-order valence-electron chi connectivity index (χ4n) is 0.909. The van der Waals surface area contributed by atoms with Crippen molar-refractivity contribution in [2.45, 2.75) is 13.8 Å². The molecule has 1 rings (SSSR count). The molecule has 2 nitrogen and oxygen atoms in total. The van der Waals surface area contributed by atoms with E-state index in [1.54, 1.807) is 6.20 Å². The van der Waals surface area contributed by atoms with Gasteiger partial charge in [-0.2, -0.15) is 0 Å². The molecule has 15 heavy (non-hydrogen) atoms. The van der Waals surface area contributed by atoms with Gasteiger partial charge in [0.25, 0.3) is 0 Å². The predicted molar refractivity (Wildman–Crippen MR) is 64.0 cm³/mol. The van der Waals surface area contributed by atoms with Gasteiger partial charge >= 0.3 is 0 Å². The monoisotopic (exact) mass is 239 g/mol. The third-order valence-corrected chi connectivity index (χ3v) is 2.54. The maximum atomic E-state index is 10.6. The van der Waals surface area contributed by atoms with Crippen molar-refractivity contribution in [1.82, 2.24) is 4.98 Å². The molecule has 0 radical (unpaired) electrons. The molecule has 0 unspecified atom stereocenters. The first-order chi connectivity index (χ1) is 7.09. The third-order valence-electron chi connectivity index (χ3n) is 1.55.